The fourth-order valence-corrected chi connectivity index (χ4v) is 3.15. The van der Waals surface area contributed by atoms with Gasteiger partial charge in [-0.05, 0) is 29.8 Å². The summed E-state index contributed by atoms with van der Waals surface area (Å²) in [5.74, 6) is -0.909. The third-order valence-corrected chi connectivity index (χ3v) is 4.25. The van der Waals surface area contributed by atoms with E-state index >= 15 is 0 Å². The number of nitrogens with zero attached hydrogens (tertiary/aromatic N) is 1. The van der Waals surface area contributed by atoms with E-state index in [4.69, 9.17) is 5.73 Å². The maximum Gasteiger partial charge on any atom is 0.277 e. The highest BCUT2D eigenvalue weighted by Gasteiger charge is 2.18. The zero-order chi connectivity index (χ0) is 14.8. The van der Waals surface area contributed by atoms with Crippen molar-refractivity contribution < 1.29 is 9.59 Å². The van der Waals surface area contributed by atoms with Gasteiger partial charge in [0.25, 0.3) is 5.91 Å². The minimum absolute atomic E-state index is 0.309. The van der Waals surface area contributed by atoms with Gasteiger partial charge in [0.1, 0.15) is 0 Å². The molecule has 2 amide bonds. The van der Waals surface area contributed by atoms with Gasteiger partial charge in [0, 0.05) is 22.4 Å². The third kappa shape index (κ3) is 2.87. The molecule has 104 valence electrons. The number of hydrogen-bond donors (Lipinski definition) is 1. The summed E-state index contributed by atoms with van der Waals surface area (Å²) in [5, 5.41) is 0.769. The maximum atomic E-state index is 12.2. The second-order valence-corrected chi connectivity index (χ2v) is 5.76. The molecule has 0 saturated carbocycles. The molecule has 2 N–H and O–H groups in total. The van der Waals surface area contributed by atoms with Crippen molar-refractivity contribution in [1.82, 2.24) is 0 Å². The predicted octanol–water partition coefficient (Wildman–Crippen LogP) is 2.67. The van der Waals surface area contributed by atoms with Gasteiger partial charge in [-0.2, -0.15) is 0 Å². The van der Waals surface area contributed by atoms with Crippen molar-refractivity contribution >= 4 is 28.6 Å². The van der Waals surface area contributed by atoms with Gasteiger partial charge in [0.15, 0.2) is 0 Å². The van der Waals surface area contributed by atoms with Crippen molar-refractivity contribution in [3.05, 3.63) is 65.2 Å². The summed E-state index contributed by atoms with van der Waals surface area (Å²) in [7, 11) is 0. The van der Waals surface area contributed by atoms with Crippen molar-refractivity contribution in [2.45, 2.75) is 11.3 Å². The Morgan fingerprint density at radius 2 is 1.81 bits per heavy atom. The Balaban J connectivity index is 1.83. The number of carbonyl (C=O) groups excluding carboxylic acids is 2. The second-order valence-electron chi connectivity index (χ2n) is 4.64. The summed E-state index contributed by atoms with van der Waals surface area (Å²) in [6.45, 7) is 0. The first-order valence-electron chi connectivity index (χ1n) is 6.41. The summed E-state index contributed by atoms with van der Waals surface area (Å²) >= 11 is 1.51. The maximum absolute atomic E-state index is 12.2. The fraction of sp³-hybridized carbons (Fsp3) is 0.0625. The largest absolute Gasteiger partial charge is 0.366 e. The minimum atomic E-state index is -0.556. The van der Waals surface area contributed by atoms with E-state index in [0.29, 0.717) is 17.5 Å². The van der Waals surface area contributed by atoms with Crippen LogP contribution < -0.4 is 5.73 Å². The Bertz CT molecular complexity index is 741. The first kappa shape index (κ1) is 13.6. The molecule has 0 unspecified atom stereocenters. The number of nitrogens with two attached hydrogens (primary N) is 1. The van der Waals surface area contributed by atoms with Gasteiger partial charge in [-0.1, -0.05) is 36.0 Å². The van der Waals surface area contributed by atoms with Crippen LogP contribution >= 0.6 is 11.8 Å². The molecule has 1 heterocycles. The van der Waals surface area contributed by atoms with Gasteiger partial charge in [0.05, 0.1) is 5.04 Å². The molecule has 0 bridgehead atoms. The van der Waals surface area contributed by atoms with Crippen molar-refractivity contribution in [2.75, 3.05) is 0 Å². The molecular weight excluding hydrogens is 284 g/mol. The van der Waals surface area contributed by atoms with Crippen molar-refractivity contribution in [1.29, 1.82) is 0 Å². The Hall–Kier alpha value is -2.40. The summed E-state index contributed by atoms with van der Waals surface area (Å²) in [6.07, 6.45) is 0.669. The molecule has 21 heavy (non-hydrogen) atoms. The predicted molar refractivity (Wildman–Crippen MR) is 82.7 cm³/mol. The number of fused-ring (bicyclic) bond motifs is 1. The molecule has 1 aliphatic heterocycles. The lowest BCUT2D eigenvalue weighted by atomic mass is 10.1. The number of carbonyl (C=O) groups is 2. The van der Waals surface area contributed by atoms with E-state index in [2.05, 4.69) is 4.99 Å². The quantitative estimate of drug-likeness (QED) is 0.926. The first-order chi connectivity index (χ1) is 10.1. The van der Waals surface area contributed by atoms with Crippen LogP contribution in [-0.2, 0) is 6.42 Å². The number of thioether (sulfide) groups is 1. The number of hydrogen-bond acceptors (Lipinski definition) is 3. The average molecular weight is 296 g/mol. The van der Waals surface area contributed by atoms with E-state index in [9.17, 15) is 9.59 Å². The Labute approximate surface area is 126 Å². The minimum Gasteiger partial charge on any atom is -0.366 e. The Morgan fingerprint density at radius 3 is 2.57 bits per heavy atom. The summed E-state index contributed by atoms with van der Waals surface area (Å²) in [6, 6.07) is 14.3. The van der Waals surface area contributed by atoms with Crippen LogP contribution in [0.3, 0.4) is 0 Å². The lowest BCUT2D eigenvalue weighted by Crippen LogP contribution is -2.11. The van der Waals surface area contributed by atoms with Crippen LogP contribution in [0.1, 0.15) is 26.3 Å². The molecule has 5 heteroatoms. The number of amides is 2. The Kier molecular flexibility index (Phi) is 3.58. The van der Waals surface area contributed by atoms with Crippen LogP contribution in [0, 0.1) is 0 Å². The van der Waals surface area contributed by atoms with E-state index in [1.807, 2.05) is 24.3 Å². The van der Waals surface area contributed by atoms with E-state index < -0.39 is 5.91 Å². The normalized spacial score (nSPS) is 15.0. The number of benzene rings is 2. The van der Waals surface area contributed by atoms with Gasteiger partial charge in [0.2, 0.25) is 5.91 Å². The smallest absolute Gasteiger partial charge is 0.277 e. The molecule has 0 saturated heterocycles. The van der Waals surface area contributed by atoms with E-state index in [1.54, 1.807) is 18.2 Å². The molecule has 2 aromatic carbocycles. The molecule has 0 spiro atoms. The van der Waals surface area contributed by atoms with Crippen molar-refractivity contribution in [3.63, 3.8) is 0 Å². The van der Waals surface area contributed by atoms with E-state index in [1.165, 1.54) is 23.4 Å². The van der Waals surface area contributed by atoms with Gasteiger partial charge in [-0.15, -0.1) is 0 Å². The highest BCUT2D eigenvalue weighted by molar-refractivity contribution is 8.14. The SMILES string of the molecule is NC(=O)c1cccc(C(=O)N=C2Cc3ccccc3S2)c1. The highest BCUT2D eigenvalue weighted by Crippen LogP contribution is 2.33. The topological polar surface area (TPSA) is 72.5 Å². The van der Waals surface area contributed by atoms with Crippen molar-refractivity contribution in [2.24, 2.45) is 10.7 Å². The molecule has 0 atom stereocenters. The number of rotatable bonds is 2. The lowest BCUT2D eigenvalue weighted by molar-refractivity contribution is 0.0999. The molecule has 4 nitrogen and oxygen atoms in total. The Morgan fingerprint density at radius 1 is 1.05 bits per heavy atom. The molecule has 0 aromatic heterocycles. The first-order valence-corrected chi connectivity index (χ1v) is 7.22. The van der Waals surface area contributed by atoms with Crippen LogP contribution in [0.2, 0.25) is 0 Å². The van der Waals surface area contributed by atoms with Crippen LogP contribution in [-0.4, -0.2) is 16.9 Å². The van der Waals surface area contributed by atoms with Gasteiger partial charge in [-0.3, -0.25) is 9.59 Å². The molecular formula is C16H12N2O2S. The van der Waals surface area contributed by atoms with Gasteiger partial charge >= 0.3 is 0 Å². The molecule has 0 radical (unpaired) electrons. The van der Waals surface area contributed by atoms with E-state index in [-0.39, 0.29) is 5.91 Å². The van der Waals surface area contributed by atoms with Crippen LogP contribution in [0.4, 0.5) is 0 Å². The zero-order valence-electron chi connectivity index (χ0n) is 11.1. The molecule has 2 aromatic rings. The number of aliphatic imine (C=N–C) groups is 1. The molecule has 3 rings (SSSR count). The highest BCUT2D eigenvalue weighted by atomic mass is 32.2. The third-order valence-electron chi connectivity index (χ3n) is 3.16. The van der Waals surface area contributed by atoms with Gasteiger partial charge < -0.3 is 5.73 Å². The molecule has 0 aliphatic carbocycles. The van der Waals surface area contributed by atoms with Crippen molar-refractivity contribution in [3.8, 4) is 0 Å². The average Bonchev–Trinajstić information content (AvgIpc) is 2.89. The van der Waals surface area contributed by atoms with E-state index in [0.717, 1.165) is 9.94 Å². The van der Waals surface area contributed by atoms with Crippen LogP contribution in [0.5, 0.6) is 0 Å². The van der Waals surface area contributed by atoms with Gasteiger partial charge in [-0.25, -0.2) is 4.99 Å². The monoisotopic (exact) mass is 296 g/mol. The fourth-order valence-electron chi connectivity index (χ4n) is 2.12. The zero-order valence-corrected chi connectivity index (χ0v) is 11.9. The summed E-state index contributed by atoms with van der Waals surface area (Å²) in [5.41, 5.74) is 7.07. The lowest BCUT2D eigenvalue weighted by Gasteiger charge is -1.99. The van der Waals surface area contributed by atoms with Crippen LogP contribution in [0.25, 0.3) is 0 Å². The standard InChI is InChI=1S/C16H12N2O2S/c17-15(19)11-5-3-6-12(8-11)16(20)18-14-9-10-4-1-2-7-13(10)21-14/h1-8H,9H2,(H2,17,19). The molecule has 1 aliphatic rings. The summed E-state index contributed by atoms with van der Waals surface area (Å²) < 4.78 is 0. The second kappa shape index (κ2) is 5.54. The number of primary amides is 1. The van der Waals surface area contributed by atoms with Crippen LogP contribution in [0.15, 0.2) is 58.4 Å². The molecule has 0 fully saturated rings. The summed E-state index contributed by atoms with van der Waals surface area (Å²) in [4.78, 5) is 28.6.